The lowest BCUT2D eigenvalue weighted by atomic mass is 9.72. The van der Waals surface area contributed by atoms with Crippen molar-refractivity contribution in [2.24, 2.45) is 5.41 Å². The highest BCUT2D eigenvalue weighted by atomic mass is 16.5. The highest BCUT2D eigenvalue weighted by molar-refractivity contribution is 5.94. The first kappa shape index (κ1) is 26.2. The molecule has 7 nitrogen and oxygen atoms in total. The van der Waals surface area contributed by atoms with Crippen LogP contribution in [0.25, 0.3) is 0 Å². The van der Waals surface area contributed by atoms with E-state index in [1.54, 1.807) is 6.20 Å². The summed E-state index contributed by atoms with van der Waals surface area (Å²) in [7, 11) is 0. The number of nitrogens with zero attached hydrogens (tertiary/aromatic N) is 2. The molecule has 3 aromatic rings. The topological polar surface area (TPSA) is 91.8 Å². The molecular weight excluding hydrogens is 466 g/mol. The van der Waals surface area contributed by atoms with Gasteiger partial charge in [-0.15, -0.1) is 0 Å². The van der Waals surface area contributed by atoms with Crippen molar-refractivity contribution in [2.45, 2.75) is 52.2 Å². The Morgan fingerprint density at radius 2 is 1.62 bits per heavy atom. The minimum atomic E-state index is -0.902. The number of hydrogen-bond acceptors (Lipinski definition) is 4. The zero-order chi connectivity index (χ0) is 26.4. The van der Waals surface area contributed by atoms with Crippen LogP contribution in [0.15, 0.2) is 72.9 Å². The third kappa shape index (κ3) is 6.88. The quantitative estimate of drug-likeness (QED) is 0.433. The minimum Gasteiger partial charge on any atom is -0.487 e. The van der Waals surface area contributed by atoms with E-state index in [1.807, 2.05) is 54.6 Å². The molecule has 1 fully saturated rings. The molecule has 0 bridgehead atoms. The van der Waals surface area contributed by atoms with Crippen LogP contribution in [0.3, 0.4) is 0 Å². The summed E-state index contributed by atoms with van der Waals surface area (Å²) in [5, 5.41) is 12.2. The third-order valence-corrected chi connectivity index (χ3v) is 6.80. The molecule has 1 atom stereocenters. The Labute approximate surface area is 218 Å². The van der Waals surface area contributed by atoms with Crippen molar-refractivity contribution in [3.05, 3.63) is 95.3 Å². The predicted octanol–water partition coefficient (Wildman–Crippen LogP) is 5.71. The number of carbonyl (C=O) groups excluding carboxylic acids is 1. The van der Waals surface area contributed by atoms with Crippen molar-refractivity contribution in [3.63, 3.8) is 0 Å². The number of carbonyl (C=O) groups is 2. The van der Waals surface area contributed by atoms with E-state index in [-0.39, 0.29) is 23.3 Å². The summed E-state index contributed by atoms with van der Waals surface area (Å²) in [6.45, 7) is 7.96. The highest BCUT2D eigenvalue weighted by Crippen LogP contribution is 2.41. The number of benzene rings is 2. The molecule has 7 heteroatoms. The van der Waals surface area contributed by atoms with Crippen LogP contribution in [0, 0.1) is 5.41 Å². The van der Waals surface area contributed by atoms with Crippen molar-refractivity contribution in [1.29, 1.82) is 0 Å². The Morgan fingerprint density at radius 1 is 1.00 bits per heavy atom. The summed E-state index contributed by atoms with van der Waals surface area (Å²) in [5.74, 6) is 0.806. The van der Waals surface area contributed by atoms with Crippen LogP contribution in [-0.2, 0) is 6.61 Å². The van der Waals surface area contributed by atoms with Gasteiger partial charge in [0.05, 0.1) is 5.69 Å². The molecule has 0 saturated carbocycles. The lowest BCUT2D eigenvalue weighted by molar-refractivity contribution is 0.0907. The Morgan fingerprint density at radius 3 is 2.16 bits per heavy atom. The number of nitrogens with one attached hydrogen (secondary N) is 1. The number of hydrogen-bond donors (Lipinski definition) is 2. The van der Waals surface area contributed by atoms with Gasteiger partial charge in [0.1, 0.15) is 12.4 Å². The molecule has 2 aromatic carbocycles. The van der Waals surface area contributed by atoms with Crippen molar-refractivity contribution >= 4 is 12.0 Å². The van der Waals surface area contributed by atoms with E-state index in [0.717, 1.165) is 17.0 Å². The van der Waals surface area contributed by atoms with Gasteiger partial charge in [-0.1, -0.05) is 51.1 Å². The maximum Gasteiger partial charge on any atom is 0.407 e. The molecule has 1 saturated heterocycles. The third-order valence-electron chi connectivity index (χ3n) is 6.80. The first-order chi connectivity index (χ1) is 17.7. The number of amides is 2. The molecule has 1 aromatic heterocycles. The lowest BCUT2D eigenvalue weighted by Gasteiger charge is -2.32. The molecule has 1 aliphatic heterocycles. The van der Waals surface area contributed by atoms with Gasteiger partial charge in [0.15, 0.2) is 0 Å². The molecule has 0 radical (unpaired) electrons. The second-order valence-electron chi connectivity index (χ2n) is 10.6. The number of rotatable bonds is 7. The Balaban J connectivity index is 1.41. The van der Waals surface area contributed by atoms with Gasteiger partial charge in [-0.25, -0.2) is 4.79 Å². The average molecular weight is 502 g/mol. The maximum atomic E-state index is 12.8. The number of likely N-dealkylation sites (tertiary alicyclic amines) is 1. The molecule has 0 spiro atoms. The van der Waals surface area contributed by atoms with E-state index in [2.05, 4.69) is 43.2 Å². The highest BCUT2D eigenvalue weighted by Gasteiger charge is 2.28. The summed E-state index contributed by atoms with van der Waals surface area (Å²) < 4.78 is 5.90. The summed E-state index contributed by atoms with van der Waals surface area (Å²) in [4.78, 5) is 29.6. The smallest absolute Gasteiger partial charge is 0.407 e. The number of aromatic nitrogens is 1. The fourth-order valence-electron chi connectivity index (χ4n) is 4.90. The van der Waals surface area contributed by atoms with Gasteiger partial charge in [0, 0.05) is 36.8 Å². The first-order valence-electron chi connectivity index (χ1n) is 12.7. The normalized spacial score (nSPS) is 15.2. The minimum absolute atomic E-state index is 0.0106. The van der Waals surface area contributed by atoms with Gasteiger partial charge in [-0.05, 0) is 65.8 Å². The largest absolute Gasteiger partial charge is 0.487 e. The zero-order valence-corrected chi connectivity index (χ0v) is 21.7. The standard InChI is InChI=1S/C30H35N3O4/c1-30(2,3)27(22-11-13-26(14-12-22)37-20-25-6-4-5-17-31-25)21-7-9-23(10-8-21)28(34)32-24-15-18-33(19-16-24)29(35)36/h4-14,17,24,27H,15-16,18-20H2,1-3H3,(H,32,34)(H,35,36). The van der Waals surface area contributed by atoms with E-state index < -0.39 is 6.09 Å². The predicted molar refractivity (Wildman–Crippen MR) is 143 cm³/mol. The molecular formula is C30H35N3O4. The van der Waals surface area contributed by atoms with Gasteiger partial charge in [-0.2, -0.15) is 0 Å². The van der Waals surface area contributed by atoms with Crippen molar-refractivity contribution in [2.75, 3.05) is 13.1 Å². The number of carboxylic acid groups (broad SMARTS) is 1. The molecule has 1 aliphatic rings. The molecule has 0 aliphatic carbocycles. The molecule has 2 amide bonds. The first-order valence-corrected chi connectivity index (χ1v) is 12.7. The summed E-state index contributed by atoms with van der Waals surface area (Å²) in [5.41, 5.74) is 3.77. The Hall–Kier alpha value is -3.87. The second kappa shape index (κ2) is 11.5. The molecule has 2 N–H and O–H groups in total. The molecule has 4 rings (SSSR count). The molecule has 37 heavy (non-hydrogen) atoms. The summed E-state index contributed by atoms with van der Waals surface area (Å²) >= 11 is 0. The number of ether oxygens (including phenoxy) is 1. The van der Waals surface area contributed by atoms with E-state index in [4.69, 9.17) is 9.84 Å². The van der Waals surface area contributed by atoms with Crippen molar-refractivity contribution in [3.8, 4) is 5.75 Å². The monoisotopic (exact) mass is 501 g/mol. The number of pyridine rings is 1. The SMILES string of the molecule is CC(C)(C)C(c1ccc(OCc2ccccn2)cc1)c1ccc(C(=O)NC2CCN(C(=O)O)CC2)cc1. The Kier molecular flexibility index (Phi) is 8.11. The van der Waals surface area contributed by atoms with Crippen LogP contribution in [0.5, 0.6) is 5.75 Å². The van der Waals surface area contributed by atoms with Gasteiger partial charge < -0.3 is 20.1 Å². The Bertz CT molecular complexity index is 1180. The van der Waals surface area contributed by atoms with E-state index in [0.29, 0.717) is 38.1 Å². The average Bonchev–Trinajstić information content (AvgIpc) is 2.89. The maximum absolute atomic E-state index is 12.8. The molecule has 194 valence electrons. The zero-order valence-electron chi connectivity index (χ0n) is 21.7. The molecule has 1 unspecified atom stereocenters. The van der Waals surface area contributed by atoms with Crippen LogP contribution in [-0.4, -0.2) is 46.1 Å². The van der Waals surface area contributed by atoms with E-state index in [9.17, 15) is 9.59 Å². The van der Waals surface area contributed by atoms with Gasteiger partial charge >= 0.3 is 6.09 Å². The number of piperidine rings is 1. The lowest BCUT2D eigenvalue weighted by Crippen LogP contribution is -2.46. The van der Waals surface area contributed by atoms with Gasteiger partial charge in [0.2, 0.25) is 0 Å². The summed E-state index contributed by atoms with van der Waals surface area (Å²) in [6.07, 6.45) is 2.11. The van der Waals surface area contributed by atoms with E-state index >= 15 is 0 Å². The molecule has 2 heterocycles. The summed E-state index contributed by atoms with van der Waals surface area (Å²) in [6, 6.07) is 21.8. The van der Waals surface area contributed by atoms with Crippen LogP contribution < -0.4 is 10.1 Å². The van der Waals surface area contributed by atoms with Crippen LogP contribution >= 0.6 is 0 Å². The van der Waals surface area contributed by atoms with Gasteiger partial charge in [0.25, 0.3) is 5.91 Å². The van der Waals surface area contributed by atoms with Crippen molar-refractivity contribution < 1.29 is 19.4 Å². The fraction of sp³-hybridized carbons (Fsp3) is 0.367. The van der Waals surface area contributed by atoms with E-state index in [1.165, 1.54) is 10.5 Å². The van der Waals surface area contributed by atoms with Crippen LogP contribution in [0.2, 0.25) is 0 Å². The fourth-order valence-corrected chi connectivity index (χ4v) is 4.90. The van der Waals surface area contributed by atoms with Crippen LogP contribution in [0.4, 0.5) is 4.79 Å². The van der Waals surface area contributed by atoms with Gasteiger partial charge in [-0.3, -0.25) is 9.78 Å². The second-order valence-corrected chi connectivity index (χ2v) is 10.6. The van der Waals surface area contributed by atoms with Crippen molar-refractivity contribution in [1.82, 2.24) is 15.2 Å². The van der Waals surface area contributed by atoms with Crippen LogP contribution in [0.1, 0.15) is 66.7 Å².